The van der Waals surface area contributed by atoms with Crippen molar-refractivity contribution in [2.45, 2.75) is 19.9 Å². The fraction of sp³-hybridized carbons (Fsp3) is 0.294. The Balaban J connectivity index is 1.81. The SMILES string of the molecule is CN=C(NCCc1ccncc1C)NCc1ccccc1F. The van der Waals surface area contributed by atoms with E-state index in [9.17, 15) is 4.39 Å². The molecule has 5 heteroatoms. The monoisotopic (exact) mass is 300 g/mol. The van der Waals surface area contributed by atoms with Gasteiger partial charge in [0.05, 0.1) is 0 Å². The van der Waals surface area contributed by atoms with Crippen molar-refractivity contribution in [3.63, 3.8) is 0 Å². The van der Waals surface area contributed by atoms with Crippen molar-refractivity contribution in [2.75, 3.05) is 13.6 Å². The third kappa shape index (κ3) is 4.55. The number of aromatic nitrogens is 1. The van der Waals surface area contributed by atoms with E-state index >= 15 is 0 Å². The van der Waals surface area contributed by atoms with Crippen molar-refractivity contribution in [3.05, 3.63) is 65.2 Å². The van der Waals surface area contributed by atoms with Crippen molar-refractivity contribution in [2.24, 2.45) is 4.99 Å². The van der Waals surface area contributed by atoms with Gasteiger partial charge >= 0.3 is 0 Å². The van der Waals surface area contributed by atoms with E-state index in [-0.39, 0.29) is 5.82 Å². The van der Waals surface area contributed by atoms with E-state index < -0.39 is 0 Å². The highest BCUT2D eigenvalue weighted by Gasteiger charge is 2.03. The summed E-state index contributed by atoms with van der Waals surface area (Å²) in [6, 6.07) is 8.74. The van der Waals surface area contributed by atoms with Gasteiger partial charge in [0.25, 0.3) is 0 Å². The Morgan fingerprint density at radius 2 is 2.00 bits per heavy atom. The second-order valence-corrected chi connectivity index (χ2v) is 5.00. The van der Waals surface area contributed by atoms with Gasteiger partial charge in [-0.15, -0.1) is 0 Å². The highest BCUT2D eigenvalue weighted by Crippen LogP contribution is 2.06. The third-order valence-electron chi connectivity index (χ3n) is 3.45. The second kappa shape index (κ2) is 8.12. The first-order chi connectivity index (χ1) is 10.7. The van der Waals surface area contributed by atoms with Crippen LogP contribution in [0.15, 0.2) is 47.7 Å². The fourth-order valence-electron chi connectivity index (χ4n) is 2.14. The van der Waals surface area contributed by atoms with Crippen LogP contribution in [-0.2, 0) is 13.0 Å². The summed E-state index contributed by atoms with van der Waals surface area (Å²) in [4.78, 5) is 8.23. The topological polar surface area (TPSA) is 49.3 Å². The lowest BCUT2D eigenvalue weighted by Crippen LogP contribution is -2.38. The zero-order chi connectivity index (χ0) is 15.8. The molecule has 2 aromatic rings. The summed E-state index contributed by atoms with van der Waals surface area (Å²) < 4.78 is 13.6. The fourth-order valence-corrected chi connectivity index (χ4v) is 2.14. The normalized spacial score (nSPS) is 11.3. The van der Waals surface area contributed by atoms with Crippen molar-refractivity contribution >= 4 is 5.96 Å². The van der Waals surface area contributed by atoms with E-state index in [2.05, 4.69) is 20.6 Å². The Bertz CT molecular complexity index is 640. The van der Waals surface area contributed by atoms with Gasteiger partial charge in [-0.25, -0.2) is 4.39 Å². The second-order valence-electron chi connectivity index (χ2n) is 5.00. The molecule has 4 nitrogen and oxygen atoms in total. The van der Waals surface area contributed by atoms with Gasteiger partial charge in [0.1, 0.15) is 5.82 Å². The molecule has 1 aromatic carbocycles. The van der Waals surface area contributed by atoms with Crippen LogP contribution in [0.25, 0.3) is 0 Å². The van der Waals surface area contributed by atoms with Crippen LogP contribution in [0.4, 0.5) is 4.39 Å². The average Bonchev–Trinajstić information content (AvgIpc) is 2.54. The van der Waals surface area contributed by atoms with Gasteiger partial charge in [-0.2, -0.15) is 0 Å². The Kier molecular flexibility index (Phi) is 5.89. The number of halogens is 1. The number of pyridine rings is 1. The first-order valence-corrected chi connectivity index (χ1v) is 7.28. The van der Waals surface area contributed by atoms with Crippen molar-refractivity contribution in [1.29, 1.82) is 0 Å². The average molecular weight is 300 g/mol. The van der Waals surface area contributed by atoms with E-state index in [1.165, 1.54) is 17.2 Å². The predicted octanol–water partition coefficient (Wildman–Crippen LogP) is 2.44. The Morgan fingerprint density at radius 1 is 1.18 bits per heavy atom. The molecule has 0 atom stereocenters. The number of aliphatic imine (C=N–C) groups is 1. The van der Waals surface area contributed by atoms with Crippen LogP contribution < -0.4 is 10.6 Å². The van der Waals surface area contributed by atoms with Crippen LogP contribution in [0.2, 0.25) is 0 Å². The Morgan fingerprint density at radius 3 is 2.73 bits per heavy atom. The molecular weight excluding hydrogens is 279 g/mol. The molecule has 0 bridgehead atoms. The Hall–Kier alpha value is -2.43. The number of hydrogen-bond donors (Lipinski definition) is 2. The number of benzene rings is 1. The van der Waals surface area contributed by atoms with E-state index in [4.69, 9.17) is 0 Å². The maximum atomic E-state index is 13.6. The third-order valence-corrected chi connectivity index (χ3v) is 3.45. The number of rotatable bonds is 5. The molecule has 0 aliphatic heterocycles. The smallest absolute Gasteiger partial charge is 0.191 e. The highest BCUT2D eigenvalue weighted by molar-refractivity contribution is 5.79. The van der Waals surface area contributed by atoms with Crippen LogP contribution in [-0.4, -0.2) is 24.5 Å². The van der Waals surface area contributed by atoms with Gasteiger partial charge < -0.3 is 10.6 Å². The summed E-state index contributed by atoms with van der Waals surface area (Å²) in [5.41, 5.74) is 3.06. The maximum Gasteiger partial charge on any atom is 0.191 e. The summed E-state index contributed by atoms with van der Waals surface area (Å²) in [5, 5.41) is 6.34. The minimum atomic E-state index is -0.210. The lowest BCUT2D eigenvalue weighted by Gasteiger charge is -2.13. The van der Waals surface area contributed by atoms with Crippen molar-refractivity contribution in [3.8, 4) is 0 Å². The first kappa shape index (κ1) is 15.9. The predicted molar refractivity (Wildman–Crippen MR) is 87.3 cm³/mol. The summed E-state index contributed by atoms with van der Waals surface area (Å²) >= 11 is 0. The molecule has 22 heavy (non-hydrogen) atoms. The molecule has 1 heterocycles. The molecule has 0 fully saturated rings. The molecule has 2 rings (SSSR count). The van der Waals surface area contributed by atoms with E-state index in [1.54, 1.807) is 25.4 Å². The van der Waals surface area contributed by atoms with Crippen LogP contribution in [0, 0.1) is 12.7 Å². The van der Waals surface area contributed by atoms with Gasteiger partial charge in [0.2, 0.25) is 0 Å². The Labute approximate surface area is 130 Å². The zero-order valence-corrected chi connectivity index (χ0v) is 12.9. The number of aryl methyl sites for hydroxylation is 1. The molecule has 2 N–H and O–H groups in total. The van der Waals surface area contributed by atoms with Gasteiger partial charge in [-0.3, -0.25) is 9.98 Å². The van der Waals surface area contributed by atoms with E-state index in [1.807, 2.05) is 25.3 Å². The van der Waals surface area contributed by atoms with Crippen molar-refractivity contribution in [1.82, 2.24) is 15.6 Å². The summed E-state index contributed by atoms with van der Waals surface area (Å²) in [5.74, 6) is 0.452. The molecule has 0 unspecified atom stereocenters. The molecule has 0 aliphatic rings. The quantitative estimate of drug-likeness (QED) is 0.658. The standard InChI is InChI=1S/C17H21FN4/c1-13-11-20-9-7-14(13)8-10-21-17(19-2)22-12-15-5-3-4-6-16(15)18/h3-7,9,11H,8,10,12H2,1-2H3,(H2,19,21,22). The van der Waals surface area contributed by atoms with Crippen LogP contribution >= 0.6 is 0 Å². The molecule has 0 saturated carbocycles. The van der Waals surface area contributed by atoms with Gasteiger partial charge in [-0.1, -0.05) is 18.2 Å². The van der Waals surface area contributed by atoms with Crippen molar-refractivity contribution < 1.29 is 4.39 Å². The molecule has 0 saturated heterocycles. The van der Waals surface area contributed by atoms with E-state index in [0.29, 0.717) is 18.1 Å². The number of nitrogens with one attached hydrogen (secondary N) is 2. The highest BCUT2D eigenvalue weighted by atomic mass is 19.1. The largest absolute Gasteiger partial charge is 0.356 e. The minimum Gasteiger partial charge on any atom is -0.356 e. The number of hydrogen-bond acceptors (Lipinski definition) is 2. The molecule has 0 radical (unpaired) electrons. The summed E-state index contributed by atoms with van der Waals surface area (Å²) in [6.07, 6.45) is 4.54. The first-order valence-electron chi connectivity index (χ1n) is 7.28. The molecule has 0 amide bonds. The molecule has 1 aromatic heterocycles. The maximum absolute atomic E-state index is 13.6. The molecule has 116 valence electrons. The van der Waals surface area contributed by atoms with Gasteiger partial charge in [0, 0.05) is 38.1 Å². The van der Waals surface area contributed by atoms with Gasteiger partial charge in [-0.05, 0) is 36.6 Å². The van der Waals surface area contributed by atoms with E-state index in [0.717, 1.165) is 13.0 Å². The van der Waals surface area contributed by atoms with Gasteiger partial charge in [0.15, 0.2) is 5.96 Å². The van der Waals surface area contributed by atoms with Crippen LogP contribution in [0.1, 0.15) is 16.7 Å². The van der Waals surface area contributed by atoms with Crippen LogP contribution in [0.5, 0.6) is 0 Å². The van der Waals surface area contributed by atoms with Crippen LogP contribution in [0.3, 0.4) is 0 Å². The minimum absolute atomic E-state index is 0.210. The lowest BCUT2D eigenvalue weighted by atomic mass is 10.1. The molecule has 0 spiro atoms. The zero-order valence-electron chi connectivity index (χ0n) is 12.9. The number of nitrogens with zero attached hydrogens (tertiary/aromatic N) is 2. The molecular formula is C17H21FN4. The molecule has 0 aliphatic carbocycles. The summed E-state index contributed by atoms with van der Waals surface area (Å²) in [7, 11) is 1.70. The lowest BCUT2D eigenvalue weighted by molar-refractivity contribution is 0.604. The summed E-state index contributed by atoms with van der Waals surface area (Å²) in [6.45, 7) is 3.20. The number of guanidine groups is 1.